The van der Waals surface area contributed by atoms with Crippen molar-refractivity contribution in [3.05, 3.63) is 41.6 Å². The number of anilines is 2. The van der Waals surface area contributed by atoms with Crippen LogP contribution < -0.4 is 19.7 Å². The number of amides is 1. The van der Waals surface area contributed by atoms with Crippen molar-refractivity contribution >= 4 is 17.4 Å². The third-order valence-electron chi connectivity index (χ3n) is 4.39. The Morgan fingerprint density at radius 1 is 1.20 bits per heavy atom. The number of nitrogens with one attached hydrogen (secondary N) is 1. The molecule has 25 heavy (non-hydrogen) atoms. The van der Waals surface area contributed by atoms with Gasteiger partial charge in [0.2, 0.25) is 5.91 Å². The van der Waals surface area contributed by atoms with Crippen LogP contribution in [0, 0.1) is 0 Å². The molecule has 0 bridgehead atoms. The molecule has 132 valence electrons. The molecule has 0 saturated heterocycles. The molecule has 3 rings (SSSR count). The first-order valence-corrected chi connectivity index (χ1v) is 8.39. The Kier molecular flexibility index (Phi) is 5.07. The number of carbonyl (C=O) groups is 1. The van der Waals surface area contributed by atoms with Crippen LogP contribution in [0.3, 0.4) is 0 Å². The van der Waals surface area contributed by atoms with Crippen LogP contribution in [0.4, 0.5) is 11.5 Å². The summed E-state index contributed by atoms with van der Waals surface area (Å²) in [5.74, 6) is 2.40. The summed E-state index contributed by atoms with van der Waals surface area (Å²) in [6.45, 7) is 3.48. The van der Waals surface area contributed by atoms with E-state index in [1.165, 1.54) is 11.1 Å². The summed E-state index contributed by atoms with van der Waals surface area (Å²) in [7, 11) is 3.30. The molecule has 0 spiro atoms. The molecule has 6 nitrogen and oxygen atoms in total. The van der Waals surface area contributed by atoms with Crippen LogP contribution in [0.15, 0.2) is 30.5 Å². The van der Waals surface area contributed by atoms with Crippen LogP contribution in [-0.2, 0) is 17.8 Å². The quantitative estimate of drug-likeness (QED) is 0.906. The summed E-state index contributed by atoms with van der Waals surface area (Å²) in [6.07, 6.45) is 3.08. The number of hydrogen-bond donors (Lipinski definition) is 1. The van der Waals surface area contributed by atoms with E-state index in [1.807, 2.05) is 25.1 Å². The first-order valence-electron chi connectivity index (χ1n) is 8.39. The fourth-order valence-corrected chi connectivity index (χ4v) is 2.98. The van der Waals surface area contributed by atoms with Crippen molar-refractivity contribution in [3.63, 3.8) is 0 Å². The molecule has 6 heteroatoms. The van der Waals surface area contributed by atoms with E-state index in [9.17, 15) is 4.79 Å². The molecule has 1 aromatic heterocycles. The molecule has 0 radical (unpaired) electrons. The SMILES string of the molecule is CCC(=O)Nc1ccc(N2CCc3cc(OC)c(OC)cc3C2)nc1. The standard InChI is InChI=1S/C19H23N3O3/c1-4-19(23)21-15-5-6-18(20-11-15)22-8-7-13-9-16(24-2)17(25-3)10-14(13)12-22/h5-6,9-11H,4,7-8,12H2,1-3H3,(H,21,23). The smallest absolute Gasteiger partial charge is 0.224 e. The van der Waals surface area contributed by atoms with E-state index in [4.69, 9.17) is 9.47 Å². The zero-order valence-corrected chi connectivity index (χ0v) is 14.8. The lowest BCUT2D eigenvalue weighted by molar-refractivity contribution is -0.115. The molecule has 0 atom stereocenters. The second-order valence-electron chi connectivity index (χ2n) is 5.95. The second-order valence-corrected chi connectivity index (χ2v) is 5.95. The number of rotatable bonds is 5. The Balaban J connectivity index is 1.77. The first kappa shape index (κ1) is 17.1. The molecule has 0 unspecified atom stereocenters. The van der Waals surface area contributed by atoms with Crippen molar-refractivity contribution in [2.45, 2.75) is 26.3 Å². The number of fused-ring (bicyclic) bond motifs is 1. The van der Waals surface area contributed by atoms with Crippen molar-refractivity contribution in [3.8, 4) is 11.5 Å². The third-order valence-corrected chi connectivity index (χ3v) is 4.39. The number of ether oxygens (including phenoxy) is 2. The molecule has 1 amide bonds. The summed E-state index contributed by atoms with van der Waals surface area (Å²) in [5.41, 5.74) is 3.22. The van der Waals surface area contributed by atoms with Gasteiger partial charge >= 0.3 is 0 Å². The normalized spacial score (nSPS) is 13.2. The molecule has 2 aromatic rings. The van der Waals surface area contributed by atoms with Crippen molar-refractivity contribution in [1.29, 1.82) is 0 Å². The monoisotopic (exact) mass is 341 g/mol. The molecular formula is C19H23N3O3. The third kappa shape index (κ3) is 3.68. The van der Waals surface area contributed by atoms with E-state index >= 15 is 0 Å². The Labute approximate surface area is 147 Å². The number of pyridine rings is 1. The fraction of sp³-hybridized carbons (Fsp3) is 0.368. The molecular weight excluding hydrogens is 318 g/mol. The predicted octanol–water partition coefficient (Wildman–Crippen LogP) is 3.01. The molecule has 1 aliphatic heterocycles. The average molecular weight is 341 g/mol. The lowest BCUT2D eigenvalue weighted by Gasteiger charge is -2.30. The highest BCUT2D eigenvalue weighted by Crippen LogP contribution is 2.34. The van der Waals surface area contributed by atoms with E-state index in [1.54, 1.807) is 20.4 Å². The van der Waals surface area contributed by atoms with Gasteiger partial charge in [0, 0.05) is 19.5 Å². The highest BCUT2D eigenvalue weighted by Gasteiger charge is 2.20. The fourth-order valence-electron chi connectivity index (χ4n) is 2.98. The number of carbonyl (C=O) groups excluding carboxylic acids is 1. The maximum atomic E-state index is 11.4. The minimum Gasteiger partial charge on any atom is -0.493 e. The summed E-state index contributed by atoms with van der Waals surface area (Å²) < 4.78 is 10.8. The number of nitrogens with zero attached hydrogens (tertiary/aromatic N) is 2. The second kappa shape index (κ2) is 7.42. The topological polar surface area (TPSA) is 63.7 Å². The maximum absolute atomic E-state index is 11.4. The van der Waals surface area contributed by atoms with Gasteiger partial charge in [-0.25, -0.2) is 4.98 Å². The van der Waals surface area contributed by atoms with Gasteiger partial charge in [-0.1, -0.05) is 6.92 Å². The largest absolute Gasteiger partial charge is 0.493 e. The Morgan fingerprint density at radius 3 is 2.52 bits per heavy atom. The van der Waals surface area contributed by atoms with Crippen LogP contribution in [0.5, 0.6) is 11.5 Å². The van der Waals surface area contributed by atoms with E-state index < -0.39 is 0 Å². The Morgan fingerprint density at radius 2 is 1.92 bits per heavy atom. The Bertz CT molecular complexity index is 759. The van der Waals surface area contributed by atoms with Crippen molar-refractivity contribution in [1.82, 2.24) is 4.98 Å². The van der Waals surface area contributed by atoms with Gasteiger partial charge in [-0.2, -0.15) is 0 Å². The lowest BCUT2D eigenvalue weighted by atomic mass is 9.99. The molecule has 1 aliphatic rings. The van der Waals surface area contributed by atoms with E-state index in [0.29, 0.717) is 6.42 Å². The van der Waals surface area contributed by atoms with Gasteiger partial charge in [0.25, 0.3) is 0 Å². The molecule has 0 saturated carbocycles. The highest BCUT2D eigenvalue weighted by atomic mass is 16.5. The molecule has 1 N–H and O–H groups in total. The number of methoxy groups -OCH3 is 2. The summed E-state index contributed by atoms with van der Waals surface area (Å²) in [4.78, 5) is 18.2. The maximum Gasteiger partial charge on any atom is 0.224 e. The van der Waals surface area contributed by atoms with Crippen LogP contribution in [0.25, 0.3) is 0 Å². The Hall–Kier alpha value is -2.76. The highest BCUT2D eigenvalue weighted by molar-refractivity contribution is 5.90. The van der Waals surface area contributed by atoms with Gasteiger partial charge in [-0.05, 0) is 41.8 Å². The lowest BCUT2D eigenvalue weighted by Crippen LogP contribution is -2.31. The number of hydrogen-bond acceptors (Lipinski definition) is 5. The first-order chi connectivity index (χ1) is 12.1. The van der Waals surface area contributed by atoms with E-state index in [2.05, 4.69) is 21.3 Å². The molecule has 1 aromatic carbocycles. The molecule has 0 aliphatic carbocycles. The summed E-state index contributed by atoms with van der Waals surface area (Å²) >= 11 is 0. The van der Waals surface area contributed by atoms with Crippen LogP contribution in [0.1, 0.15) is 24.5 Å². The van der Waals surface area contributed by atoms with E-state index in [-0.39, 0.29) is 5.91 Å². The number of aromatic nitrogens is 1. The zero-order valence-electron chi connectivity index (χ0n) is 14.8. The van der Waals surface area contributed by atoms with Crippen LogP contribution in [0.2, 0.25) is 0 Å². The van der Waals surface area contributed by atoms with Gasteiger partial charge in [-0.3, -0.25) is 4.79 Å². The zero-order chi connectivity index (χ0) is 17.8. The van der Waals surface area contributed by atoms with Crippen LogP contribution >= 0.6 is 0 Å². The van der Waals surface area contributed by atoms with Crippen molar-refractivity contribution in [2.24, 2.45) is 0 Å². The van der Waals surface area contributed by atoms with E-state index in [0.717, 1.165) is 42.5 Å². The average Bonchev–Trinajstić information content (AvgIpc) is 2.66. The number of benzene rings is 1. The summed E-state index contributed by atoms with van der Waals surface area (Å²) in [5, 5.41) is 2.81. The van der Waals surface area contributed by atoms with Gasteiger partial charge in [0.1, 0.15) is 5.82 Å². The van der Waals surface area contributed by atoms with Crippen molar-refractivity contribution in [2.75, 3.05) is 31.0 Å². The summed E-state index contributed by atoms with van der Waals surface area (Å²) in [6, 6.07) is 7.93. The molecule has 2 heterocycles. The van der Waals surface area contributed by atoms with Gasteiger partial charge < -0.3 is 19.7 Å². The molecule has 0 fully saturated rings. The van der Waals surface area contributed by atoms with Crippen molar-refractivity contribution < 1.29 is 14.3 Å². The van der Waals surface area contributed by atoms with Gasteiger partial charge in [0.15, 0.2) is 11.5 Å². The minimum absolute atomic E-state index is 0.0116. The minimum atomic E-state index is -0.0116. The van der Waals surface area contributed by atoms with Gasteiger partial charge in [-0.15, -0.1) is 0 Å². The van der Waals surface area contributed by atoms with Gasteiger partial charge in [0.05, 0.1) is 26.1 Å². The predicted molar refractivity (Wildman–Crippen MR) is 97.5 cm³/mol. The van der Waals surface area contributed by atoms with Crippen LogP contribution in [-0.4, -0.2) is 31.7 Å².